The van der Waals surface area contributed by atoms with Crippen molar-refractivity contribution < 1.29 is 22.4 Å². The number of pyridine rings is 1. The van der Waals surface area contributed by atoms with Crippen LogP contribution in [0.3, 0.4) is 0 Å². The molecule has 0 spiro atoms. The molecule has 4 rings (SSSR count). The maximum atomic E-state index is 12.8. The third-order valence-electron chi connectivity index (χ3n) is 4.23. The van der Waals surface area contributed by atoms with Crippen LogP contribution in [0, 0.1) is 0 Å². The van der Waals surface area contributed by atoms with Gasteiger partial charge in [-0.1, -0.05) is 24.3 Å². The number of rotatable bonds is 6. The number of para-hydroxylation sites is 1. The lowest BCUT2D eigenvalue weighted by Gasteiger charge is -2.11. The first kappa shape index (κ1) is 20.7. The molecule has 0 aliphatic heterocycles. The molecular weight excluding hydrogens is 440 g/mol. The van der Waals surface area contributed by atoms with Crippen LogP contribution in [0.2, 0.25) is 0 Å². The number of benzene rings is 1. The predicted octanol–water partition coefficient (Wildman–Crippen LogP) is 2.30. The maximum Gasteiger partial charge on any atom is 0.270 e. The van der Waals surface area contributed by atoms with Crippen LogP contribution in [0.15, 0.2) is 74.9 Å². The Kier molecular flexibility index (Phi) is 5.80. The molecule has 2 amide bonds. The summed E-state index contributed by atoms with van der Waals surface area (Å²) in [7, 11) is -3.79. The van der Waals surface area contributed by atoms with Crippen molar-refractivity contribution >= 4 is 44.1 Å². The Morgan fingerprint density at radius 2 is 1.87 bits per heavy atom. The van der Waals surface area contributed by atoms with Gasteiger partial charge in [0.25, 0.3) is 21.8 Å². The van der Waals surface area contributed by atoms with E-state index in [-0.39, 0.29) is 9.77 Å². The monoisotopic (exact) mass is 456 g/mol. The minimum Gasteiger partial charge on any atom is -0.463 e. The number of nitrogens with one attached hydrogen (secondary N) is 3. The topological polar surface area (TPSA) is 130 Å². The van der Waals surface area contributed by atoms with Crippen molar-refractivity contribution in [1.82, 2.24) is 20.6 Å². The summed E-state index contributed by atoms with van der Waals surface area (Å²) in [6.45, 7) is -0.532. The number of carbonyl (C=O) groups is 2. The van der Waals surface area contributed by atoms with Crippen molar-refractivity contribution in [2.75, 3.05) is 6.54 Å². The van der Waals surface area contributed by atoms with Crippen LogP contribution in [0.25, 0.3) is 22.4 Å². The minimum absolute atomic E-state index is 0.0954. The molecular formula is C20H16N4O5S2. The zero-order valence-corrected chi connectivity index (χ0v) is 17.5. The van der Waals surface area contributed by atoms with Crippen molar-refractivity contribution in [2.45, 2.75) is 4.21 Å². The molecule has 3 heterocycles. The average molecular weight is 457 g/mol. The minimum atomic E-state index is -3.79. The summed E-state index contributed by atoms with van der Waals surface area (Å²) in [4.78, 5) is 29.3. The first-order valence-electron chi connectivity index (χ1n) is 9.00. The standard InChI is InChI=1S/C20H16N4O5S2/c25-18(12-21-31(27,28)19-8-4-10-30-19)23-24-20(26)14-11-16(17-7-3-9-29-17)22-15-6-2-1-5-13(14)15/h1-11,21H,12H2,(H,23,25)(H,24,26). The third-order valence-corrected chi connectivity index (χ3v) is 7.03. The zero-order valence-electron chi connectivity index (χ0n) is 15.9. The van der Waals surface area contributed by atoms with E-state index in [1.165, 1.54) is 12.3 Å². The number of carbonyl (C=O) groups excluding carboxylic acids is 2. The Labute approximate surface area is 181 Å². The molecule has 4 aromatic rings. The fourth-order valence-electron chi connectivity index (χ4n) is 2.80. The van der Waals surface area contributed by atoms with E-state index in [9.17, 15) is 18.0 Å². The first-order chi connectivity index (χ1) is 14.9. The lowest BCUT2D eigenvalue weighted by molar-refractivity contribution is -0.120. The molecule has 0 radical (unpaired) electrons. The van der Waals surface area contributed by atoms with Crippen molar-refractivity contribution in [3.05, 3.63) is 71.8 Å². The highest BCUT2D eigenvalue weighted by atomic mass is 32.2. The van der Waals surface area contributed by atoms with E-state index in [1.807, 2.05) is 0 Å². The number of sulfonamides is 1. The number of nitrogens with zero attached hydrogens (tertiary/aromatic N) is 1. The van der Waals surface area contributed by atoms with Gasteiger partial charge in [-0.05, 0) is 35.7 Å². The molecule has 0 saturated heterocycles. The second-order valence-electron chi connectivity index (χ2n) is 6.31. The van der Waals surface area contributed by atoms with Crippen LogP contribution >= 0.6 is 11.3 Å². The smallest absolute Gasteiger partial charge is 0.270 e. The fourth-order valence-corrected chi connectivity index (χ4v) is 4.82. The van der Waals surface area contributed by atoms with Gasteiger partial charge in [-0.3, -0.25) is 20.4 Å². The van der Waals surface area contributed by atoms with Gasteiger partial charge in [-0.2, -0.15) is 0 Å². The van der Waals surface area contributed by atoms with Gasteiger partial charge < -0.3 is 4.42 Å². The van der Waals surface area contributed by atoms with Crippen molar-refractivity contribution in [3.8, 4) is 11.5 Å². The number of hydrogen-bond acceptors (Lipinski definition) is 7. The van der Waals surface area contributed by atoms with Crippen LogP contribution in [0.4, 0.5) is 0 Å². The Hall–Kier alpha value is -3.54. The molecule has 3 N–H and O–H groups in total. The summed E-state index contributed by atoms with van der Waals surface area (Å²) in [6.07, 6.45) is 1.50. The predicted molar refractivity (Wildman–Crippen MR) is 115 cm³/mol. The molecule has 0 saturated carbocycles. The van der Waals surface area contributed by atoms with Gasteiger partial charge in [0.1, 0.15) is 9.90 Å². The summed E-state index contributed by atoms with van der Waals surface area (Å²) in [6, 6.07) is 15.1. The van der Waals surface area contributed by atoms with E-state index in [1.54, 1.807) is 53.9 Å². The van der Waals surface area contributed by atoms with Crippen LogP contribution in [0.1, 0.15) is 10.4 Å². The van der Waals surface area contributed by atoms with E-state index >= 15 is 0 Å². The Balaban J connectivity index is 1.46. The lowest BCUT2D eigenvalue weighted by atomic mass is 10.1. The number of fused-ring (bicyclic) bond motifs is 1. The number of thiophene rings is 1. The second kappa shape index (κ2) is 8.68. The highest BCUT2D eigenvalue weighted by Gasteiger charge is 2.18. The molecule has 158 valence electrons. The molecule has 31 heavy (non-hydrogen) atoms. The van der Waals surface area contributed by atoms with Crippen molar-refractivity contribution in [2.24, 2.45) is 0 Å². The van der Waals surface area contributed by atoms with Crippen LogP contribution in [0.5, 0.6) is 0 Å². The molecule has 11 heteroatoms. The van der Waals surface area contributed by atoms with Gasteiger partial charge in [0, 0.05) is 5.39 Å². The normalized spacial score (nSPS) is 11.4. The largest absolute Gasteiger partial charge is 0.463 e. The quantitative estimate of drug-likeness (QED) is 0.382. The van der Waals surface area contributed by atoms with E-state index in [2.05, 4.69) is 20.6 Å². The molecule has 0 atom stereocenters. The van der Waals surface area contributed by atoms with Crippen LogP contribution in [-0.4, -0.2) is 31.8 Å². The Morgan fingerprint density at radius 1 is 1.03 bits per heavy atom. The van der Waals surface area contributed by atoms with E-state index in [0.29, 0.717) is 22.4 Å². The molecule has 9 nitrogen and oxygen atoms in total. The summed E-state index contributed by atoms with van der Waals surface area (Å²) in [5.41, 5.74) is 5.83. The molecule has 0 bridgehead atoms. The van der Waals surface area contributed by atoms with Crippen LogP contribution in [-0.2, 0) is 14.8 Å². The van der Waals surface area contributed by atoms with Gasteiger partial charge in [0.2, 0.25) is 0 Å². The Morgan fingerprint density at radius 3 is 2.61 bits per heavy atom. The molecule has 0 fully saturated rings. The fraction of sp³-hybridized carbons (Fsp3) is 0.0500. The second-order valence-corrected chi connectivity index (χ2v) is 9.25. The average Bonchev–Trinajstić information content (AvgIpc) is 3.50. The van der Waals surface area contributed by atoms with E-state index < -0.39 is 28.4 Å². The van der Waals surface area contributed by atoms with Gasteiger partial charge in [-0.15, -0.1) is 11.3 Å². The number of hydrogen-bond donors (Lipinski definition) is 3. The first-order valence-corrected chi connectivity index (χ1v) is 11.4. The number of hydrazine groups is 1. The van der Waals surface area contributed by atoms with Crippen molar-refractivity contribution in [3.63, 3.8) is 0 Å². The maximum absolute atomic E-state index is 12.8. The Bertz CT molecular complexity index is 1330. The zero-order chi connectivity index (χ0) is 21.8. The van der Waals surface area contributed by atoms with Crippen LogP contribution < -0.4 is 15.6 Å². The molecule has 0 aliphatic carbocycles. The van der Waals surface area contributed by atoms with Crippen molar-refractivity contribution in [1.29, 1.82) is 0 Å². The molecule has 0 aliphatic rings. The summed E-state index contributed by atoms with van der Waals surface area (Å²) < 4.78 is 31.8. The van der Waals surface area contributed by atoms with Gasteiger partial charge >= 0.3 is 0 Å². The number of aromatic nitrogens is 1. The number of amides is 2. The summed E-state index contributed by atoms with van der Waals surface area (Å²) >= 11 is 1.03. The van der Waals surface area contributed by atoms with E-state index in [4.69, 9.17) is 4.42 Å². The third kappa shape index (κ3) is 4.63. The van der Waals surface area contributed by atoms with E-state index in [0.717, 1.165) is 11.3 Å². The molecule has 1 aromatic carbocycles. The molecule has 3 aromatic heterocycles. The lowest BCUT2D eigenvalue weighted by Crippen LogP contribution is -2.46. The summed E-state index contributed by atoms with van der Waals surface area (Å²) in [5.74, 6) is -0.814. The van der Waals surface area contributed by atoms with Gasteiger partial charge in [0.05, 0.1) is 23.9 Å². The highest BCUT2D eigenvalue weighted by Crippen LogP contribution is 2.25. The highest BCUT2D eigenvalue weighted by molar-refractivity contribution is 7.91. The molecule has 0 unspecified atom stereocenters. The number of furan rings is 1. The SMILES string of the molecule is O=C(CNS(=O)(=O)c1cccs1)NNC(=O)c1cc(-c2ccco2)nc2ccccc12. The van der Waals surface area contributed by atoms with Gasteiger partial charge in [0.15, 0.2) is 5.76 Å². The van der Waals surface area contributed by atoms with Gasteiger partial charge in [-0.25, -0.2) is 18.1 Å². The summed E-state index contributed by atoms with van der Waals surface area (Å²) in [5, 5.41) is 2.20.